The van der Waals surface area contributed by atoms with E-state index in [0.717, 1.165) is 22.5 Å². The van der Waals surface area contributed by atoms with Crippen molar-refractivity contribution >= 4 is 21.6 Å². The molecule has 0 saturated carbocycles. The molecule has 118 valence electrons. The number of alkyl halides is 2. The topological polar surface area (TPSA) is 66.8 Å². The highest BCUT2D eigenvalue weighted by Crippen LogP contribution is 2.30. The van der Waals surface area contributed by atoms with Gasteiger partial charge in [-0.3, -0.25) is 0 Å². The van der Waals surface area contributed by atoms with Gasteiger partial charge in [-0.05, 0) is 31.0 Å². The molecule has 1 atom stereocenters. The van der Waals surface area contributed by atoms with Crippen LogP contribution in [-0.2, 0) is 10.0 Å². The molecule has 0 aliphatic carbocycles. The molecule has 1 fully saturated rings. The Kier molecular flexibility index (Phi) is 5.03. The van der Waals surface area contributed by atoms with E-state index in [-0.39, 0.29) is 22.2 Å². The minimum atomic E-state index is -3.82. The second-order valence-electron chi connectivity index (χ2n) is 4.63. The number of sulfonamides is 1. The van der Waals surface area contributed by atoms with Gasteiger partial charge in [0, 0.05) is 13.1 Å². The molecule has 0 spiro atoms. The molecule has 0 bridgehead atoms. The van der Waals surface area contributed by atoms with E-state index in [1.807, 2.05) is 0 Å². The van der Waals surface area contributed by atoms with Gasteiger partial charge in [0.15, 0.2) is 0 Å². The van der Waals surface area contributed by atoms with Crippen molar-refractivity contribution in [3.63, 3.8) is 0 Å². The van der Waals surface area contributed by atoms with Crippen molar-refractivity contribution < 1.29 is 27.0 Å². The zero-order valence-corrected chi connectivity index (χ0v) is 12.4. The SMILES string of the molecule is O=S(=O)(c1ccc(OC(F)F)c(Cl)c1)N1CCCC(O)C1. The average molecular weight is 342 g/mol. The molecule has 1 heterocycles. The van der Waals surface area contributed by atoms with Crippen LogP contribution in [0.2, 0.25) is 5.02 Å². The van der Waals surface area contributed by atoms with Gasteiger partial charge in [0.1, 0.15) is 5.75 Å². The summed E-state index contributed by atoms with van der Waals surface area (Å²) in [5, 5.41) is 9.34. The molecule has 0 amide bonds. The predicted molar refractivity (Wildman–Crippen MR) is 72.1 cm³/mol. The first-order chi connectivity index (χ1) is 9.80. The van der Waals surface area contributed by atoms with Crippen LogP contribution in [0.4, 0.5) is 8.78 Å². The number of hydrogen-bond donors (Lipinski definition) is 1. The van der Waals surface area contributed by atoms with Gasteiger partial charge >= 0.3 is 6.61 Å². The maximum absolute atomic E-state index is 12.4. The maximum Gasteiger partial charge on any atom is 0.387 e. The third-order valence-electron chi connectivity index (χ3n) is 3.12. The van der Waals surface area contributed by atoms with Crippen LogP contribution in [0.25, 0.3) is 0 Å². The molecule has 5 nitrogen and oxygen atoms in total. The van der Waals surface area contributed by atoms with E-state index in [0.29, 0.717) is 19.4 Å². The molecular weight excluding hydrogens is 328 g/mol. The monoisotopic (exact) mass is 341 g/mol. The van der Waals surface area contributed by atoms with E-state index >= 15 is 0 Å². The summed E-state index contributed by atoms with van der Waals surface area (Å²) in [5.74, 6) is -0.288. The smallest absolute Gasteiger partial charge is 0.387 e. The first kappa shape index (κ1) is 16.4. The van der Waals surface area contributed by atoms with E-state index in [4.69, 9.17) is 11.6 Å². The summed E-state index contributed by atoms with van der Waals surface area (Å²) < 4.78 is 54.4. The van der Waals surface area contributed by atoms with Gasteiger partial charge in [0.25, 0.3) is 0 Å². The number of rotatable bonds is 4. The normalized spacial score (nSPS) is 20.7. The van der Waals surface area contributed by atoms with Gasteiger partial charge in [-0.2, -0.15) is 13.1 Å². The van der Waals surface area contributed by atoms with Crippen LogP contribution in [0, 0.1) is 0 Å². The molecule has 1 aliphatic rings. The summed E-state index contributed by atoms with van der Waals surface area (Å²) in [5.41, 5.74) is 0. The summed E-state index contributed by atoms with van der Waals surface area (Å²) in [6.07, 6.45) is 0.403. The highest BCUT2D eigenvalue weighted by molar-refractivity contribution is 7.89. The molecule has 1 saturated heterocycles. The Balaban J connectivity index is 2.26. The zero-order valence-electron chi connectivity index (χ0n) is 10.9. The fourth-order valence-corrected chi connectivity index (χ4v) is 3.95. The van der Waals surface area contributed by atoms with Gasteiger partial charge in [-0.25, -0.2) is 8.42 Å². The largest absolute Gasteiger partial charge is 0.433 e. The number of benzene rings is 1. The number of halogens is 3. The van der Waals surface area contributed by atoms with Crippen molar-refractivity contribution in [2.45, 2.75) is 30.5 Å². The van der Waals surface area contributed by atoms with Crippen LogP contribution >= 0.6 is 11.6 Å². The Bertz CT molecular complexity index is 611. The first-order valence-corrected chi connectivity index (χ1v) is 8.05. The highest BCUT2D eigenvalue weighted by atomic mass is 35.5. The van der Waals surface area contributed by atoms with Gasteiger partial charge in [-0.1, -0.05) is 11.6 Å². The number of ether oxygens (including phenoxy) is 1. The van der Waals surface area contributed by atoms with Gasteiger partial charge in [0.05, 0.1) is 16.0 Å². The van der Waals surface area contributed by atoms with Gasteiger partial charge < -0.3 is 9.84 Å². The number of nitrogens with zero attached hydrogens (tertiary/aromatic N) is 1. The van der Waals surface area contributed by atoms with Crippen LogP contribution in [0.1, 0.15) is 12.8 Å². The average Bonchev–Trinajstić information content (AvgIpc) is 2.40. The molecule has 21 heavy (non-hydrogen) atoms. The zero-order chi connectivity index (χ0) is 15.6. The minimum Gasteiger partial charge on any atom is -0.433 e. The lowest BCUT2D eigenvalue weighted by Gasteiger charge is -2.29. The predicted octanol–water partition coefficient (Wildman–Crippen LogP) is 2.09. The number of aliphatic hydroxyl groups is 1. The van der Waals surface area contributed by atoms with E-state index in [9.17, 15) is 22.3 Å². The van der Waals surface area contributed by atoms with Crippen molar-refractivity contribution in [1.82, 2.24) is 4.31 Å². The summed E-state index contributed by atoms with van der Waals surface area (Å²) in [6.45, 7) is -2.73. The Morgan fingerprint density at radius 1 is 1.43 bits per heavy atom. The van der Waals surface area contributed by atoms with Crippen molar-refractivity contribution in [1.29, 1.82) is 0 Å². The molecule has 1 aromatic carbocycles. The summed E-state index contributed by atoms with van der Waals surface area (Å²) in [6, 6.07) is 3.30. The summed E-state index contributed by atoms with van der Waals surface area (Å²) in [4.78, 5) is -0.122. The van der Waals surface area contributed by atoms with E-state index < -0.39 is 22.7 Å². The van der Waals surface area contributed by atoms with Crippen LogP contribution < -0.4 is 4.74 Å². The highest BCUT2D eigenvalue weighted by Gasteiger charge is 2.30. The molecule has 0 radical (unpaired) electrons. The lowest BCUT2D eigenvalue weighted by molar-refractivity contribution is -0.0498. The second kappa shape index (κ2) is 6.43. The fourth-order valence-electron chi connectivity index (χ4n) is 2.12. The van der Waals surface area contributed by atoms with Gasteiger partial charge in [0.2, 0.25) is 10.0 Å². The fraction of sp³-hybridized carbons (Fsp3) is 0.500. The van der Waals surface area contributed by atoms with E-state index in [2.05, 4.69) is 4.74 Å². The molecule has 1 aromatic rings. The Morgan fingerprint density at radius 2 is 2.14 bits per heavy atom. The molecule has 0 aromatic heterocycles. The molecule has 9 heteroatoms. The first-order valence-electron chi connectivity index (χ1n) is 6.23. The van der Waals surface area contributed by atoms with Crippen LogP contribution in [-0.4, -0.2) is 43.6 Å². The molecule has 2 rings (SSSR count). The summed E-state index contributed by atoms with van der Waals surface area (Å²) >= 11 is 5.76. The van der Waals surface area contributed by atoms with Crippen molar-refractivity contribution in [3.8, 4) is 5.75 Å². The van der Waals surface area contributed by atoms with Crippen LogP contribution in [0.3, 0.4) is 0 Å². The quantitative estimate of drug-likeness (QED) is 0.910. The molecular formula is C12H14ClF2NO4S. The van der Waals surface area contributed by atoms with E-state index in [1.54, 1.807) is 0 Å². The third-order valence-corrected chi connectivity index (χ3v) is 5.27. The molecule has 1 unspecified atom stereocenters. The van der Waals surface area contributed by atoms with Crippen LogP contribution in [0.5, 0.6) is 5.75 Å². The van der Waals surface area contributed by atoms with Gasteiger partial charge in [-0.15, -0.1) is 0 Å². The summed E-state index contributed by atoms with van der Waals surface area (Å²) in [7, 11) is -3.82. The minimum absolute atomic E-state index is 0.00916. The van der Waals surface area contributed by atoms with Crippen molar-refractivity contribution in [2.24, 2.45) is 0 Å². The second-order valence-corrected chi connectivity index (χ2v) is 6.97. The lowest BCUT2D eigenvalue weighted by Crippen LogP contribution is -2.42. The van der Waals surface area contributed by atoms with Crippen LogP contribution in [0.15, 0.2) is 23.1 Å². The van der Waals surface area contributed by atoms with Crippen molar-refractivity contribution in [2.75, 3.05) is 13.1 Å². The number of piperidine rings is 1. The number of aliphatic hydroxyl groups excluding tert-OH is 1. The molecule has 1 aliphatic heterocycles. The lowest BCUT2D eigenvalue weighted by atomic mass is 10.1. The van der Waals surface area contributed by atoms with E-state index in [1.165, 1.54) is 0 Å². The molecule has 1 N–H and O–H groups in total. The Morgan fingerprint density at radius 3 is 2.71 bits per heavy atom. The maximum atomic E-state index is 12.4. The standard InChI is InChI=1S/C12H14ClF2NO4S/c13-10-6-9(3-4-11(10)20-12(14)15)21(18,19)16-5-1-2-8(17)7-16/h3-4,6,8,12,17H,1-2,5,7H2. The van der Waals surface area contributed by atoms with Crippen molar-refractivity contribution in [3.05, 3.63) is 23.2 Å². The Labute approximate surface area is 126 Å². The Hall–Kier alpha value is -0.960. The number of hydrogen-bond acceptors (Lipinski definition) is 4. The number of β-amino-alcohol motifs (C(OH)–C–C–N with tert-alkyl or cyclic N) is 1. The third kappa shape index (κ3) is 3.82.